The van der Waals surface area contributed by atoms with Gasteiger partial charge in [0.2, 0.25) is 0 Å². The second kappa shape index (κ2) is 5.96. The molecule has 0 unspecified atom stereocenters. The van der Waals surface area contributed by atoms with Gasteiger partial charge in [-0.1, -0.05) is 49.0 Å². The predicted octanol–water partition coefficient (Wildman–Crippen LogP) is 4.18. The van der Waals surface area contributed by atoms with Gasteiger partial charge in [0.25, 0.3) is 0 Å². The Morgan fingerprint density at radius 2 is 1.48 bits per heavy atom. The molecule has 21 heavy (non-hydrogen) atoms. The van der Waals surface area contributed by atoms with Gasteiger partial charge in [0.05, 0.1) is 0 Å². The summed E-state index contributed by atoms with van der Waals surface area (Å²) < 4.78 is 0. The van der Waals surface area contributed by atoms with Gasteiger partial charge in [0, 0.05) is 29.9 Å². The van der Waals surface area contributed by atoms with Crippen LogP contribution in [0.1, 0.15) is 28.8 Å². The average Bonchev–Trinajstić information content (AvgIpc) is 3.09. The molecule has 2 heteroatoms. The van der Waals surface area contributed by atoms with E-state index in [2.05, 4.69) is 23.6 Å². The number of rotatable bonds is 4. The van der Waals surface area contributed by atoms with E-state index < -0.39 is 0 Å². The summed E-state index contributed by atoms with van der Waals surface area (Å²) in [5.74, 6) is -0.00970. The lowest BCUT2D eigenvalue weighted by molar-refractivity contribution is 0.105. The van der Waals surface area contributed by atoms with Crippen molar-refractivity contribution in [3.63, 3.8) is 0 Å². The zero-order valence-electron chi connectivity index (χ0n) is 12.1. The highest BCUT2D eigenvalue weighted by Crippen LogP contribution is 2.24. The van der Waals surface area contributed by atoms with Gasteiger partial charge in [-0.05, 0) is 30.5 Å². The molecule has 0 bridgehead atoms. The first kappa shape index (κ1) is 13.6. The molecule has 106 valence electrons. The van der Waals surface area contributed by atoms with Crippen molar-refractivity contribution in [2.24, 2.45) is 0 Å². The maximum atomic E-state index is 12.4. The molecule has 1 saturated heterocycles. The van der Waals surface area contributed by atoms with Gasteiger partial charge in [-0.2, -0.15) is 0 Å². The van der Waals surface area contributed by atoms with E-state index in [9.17, 15) is 4.79 Å². The largest absolute Gasteiger partial charge is 0.372 e. The second-order valence-corrected chi connectivity index (χ2v) is 5.41. The minimum Gasteiger partial charge on any atom is -0.372 e. The summed E-state index contributed by atoms with van der Waals surface area (Å²) in [6, 6.07) is 17.5. The van der Waals surface area contributed by atoms with Crippen molar-refractivity contribution in [3.05, 3.63) is 72.3 Å². The minimum absolute atomic E-state index is 0.00970. The number of ketones is 1. The number of carbonyl (C=O) groups excluding carboxylic acids is 1. The quantitative estimate of drug-likeness (QED) is 0.617. The number of Topliss-reactive ketones (excluding diaryl/α,β-unsaturated/α-hetero) is 1. The Morgan fingerprint density at radius 3 is 2.10 bits per heavy atom. The Balaban J connectivity index is 1.77. The number of carbonyl (C=O) groups is 1. The first-order chi connectivity index (χ1) is 10.3. The number of anilines is 1. The minimum atomic E-state index is -0.00970. The fourth-order valence-corrected chi connectivity index (χ4v) is 2.74. The molecule has 1 heterocycles. The van der Waals surface area contributed by atoms with E-state index >= 15 is 0 Å². The fraction of sp³-hybridized carbons (Fsp3) is 0.211. The van der Waals surface area contributed by atoms with Crippen LogP contribution in [0.15, 0.2) is 61.2 Å². The van der Waals surface area contributed by atoms with Crippen LogP contribution < -0.4 is 4.90 Å². The molecule has 0 N–H and O–H groups in total. The van der Waals surface area contributed by atoms with E-state index in [-0.39, 0.29) is 5.78 Å². The predicted molar refractivity (Wildman–Crippen MR) is 87.7 cm³/mol. The van der Waals surface area contributed by atoms with E-state index in [4.69, 9.17) is 0 Å². The van der Waals surface area contributed by atoms with Crippen molar-refractivity contribution in [1.29, 1.82) is 0 Å². The third-order valence-electron chi connectivity index (χ3n) is 4.00. The Bertz CT molecular complexity index is 637. The summed E-state index contributed by atoms with van der Waals surface area (Å²) in [5, 5.41) is 0. The third kappa shape index (κ3) is 2.89. The van der Waals surface area contributed by atoms with Crippen molar-refractivity contribution in [2.45, 2.75) is 12.8 Å². The van der Waals surface area contributed by atoms with E-state index in [0.717, 1.165) is 18.7 Å². The van der Waals surface area contributed by atoms with Gasteiger partial charge in [-0.25, -0.2) is 0 Å². The Hall–Kier alpha value is -2.35. The van der Waals surface area contributed by atoms with Crippen LogP contribution in [-0.2, 0) is 0 Å². The van der Waals surface area contributed by atoms with Crippen molar-refractivity contribution >= 4 is 17.0 Å². The summed E-state index contributed by atoms with van der Waals surface area (Å²) in [6.07, 6.45) is 2.53. The van der Waals surface area contributed by atoms with E-state index in [0.29, 0.717) is 11.1 Å². The van der Waals surface area contributed by atoms with Crippen LogP contribution in [0.4, 0.5) is 5.69 Å². The fourth-order valence-electron chi connectivity index (χ4n) is 2.74. The molecule has 0 amide bonds. The molecule has 0 atom stereocenters. The number of hydrogen-bond acceptors (Lipinski definition) is 2. The molecule has 2 aromatic rings. The molecule has 2 nitrogen and oxygen atoms in total. The summed E-state index contributed by atoms with van der Waals surface area (Å²) >= 11 is 0. The molecule has 0 saturated carbocycles. The normalized spacial score (nSPS) is 14.2. The van der Waals surface area contributed by atoms with Gasteiger partial charge in [-0.15, -0.1) is 0 Å². The zero-order chi connectivity index (χ0) is 14.7. The smallest absolute Gasteiger partial charge is 0.193 e. The van der Waals surface area contributed by atoms with Crippen molar-refractivity contribution < 1.29 is 4.79 Å². The van der Waals surface area contributed by atoms with Gasteiger partial charge in [0.15, 0.2) is 5.78 Å². The topological polar surface area (TPSA) is 20.3 Å². The number of benzene rings is 2. The molecule has 1 fully saturated rings. The third-order valence-corrected chi connectivity index (χ3v) is 4.00. The molecule has 3 rings (SSSR count). The van der Waals surface area contributed by atoms with Crippen LogP contribution in [0.2, 0.25) is 0 Å². The van der Waals surface area contributed by atoms with Crippen molar-refractivity contribution in [2.75, 3.05) is 18.0 Å². The molecule has 0 aromatic heterocycles. The lowest BCUT2D eigenvalue weighted by atomic mass is 9.98. The Labute approximate surface area is 125 Å². The molecule has 2 aromatic carbocycles. The number of allylic oxidation sites excluding steroid dienone is 1. The molecule has 1 aliphatic rings. The van der Waals surface area contributed by atoms with Gasteiger partial charge in [-0.3, -0.25) is 4.79 Å². The molecule has 1 aliphatic heterocycles. The van der Waals surface area contributed by atoms with Crippen molar-refractivity contribution in [1.82, 2.24) is 0 Å². The highest BCUT2D eigenvalue weighted by molar-refractivity contribution is 6.28. The Morgan fingerprint density at radius 1 is 0.857 bits per heavy atom. The van der Waals surface area contributed by atoms with E-state index in [1.165, 1.54) is 18.5 Å². The summed E-state index contributed by atoms with van der Waals surface area (Å²) in [6.45, 7) is 6.22. The first-order valence-corrected chi connectivity index (χ1v) is 7.40. The van der Waals surface area contributed by atoms with Crippen LogP contribution in [0.3, 0.4) is 0 Å². The lowest BCUT2D eigenvalue weighted by Crippen LogP contribution is -2.17. The standard InChI is InChI=1S/C19H19NO/c1-15(19(21)17-7-3-2-4-8-17)16-9-11-18(12-10-16)20-13-5-6-14-20/h2-4,7-12H,1,5-6,13-14H2. The monoisotopic (exact) mass is 277 g/mol. The first-order valence-electron chi connectivity index (χ1n) is 7.40. The number of nitrogens with zero attached hydrogens (tertiary/aromatic N) is 1. The molecule has 0 spiro atoms. The summed E-state index contributed by atoms with van der Waals surface area (Å²) in [4.78, 5) is 14.8. The van der Waals surface area contributed by atoms with Gasteiger partial charge < -0.3 is 4.90 Å². The van der Waals surface area contributed by atoms with Crippen LogP contribution in [0, 0.1) is 0 Å². The molecular weight excluding hydrogens is 258 g/mol. The van der Waals surface area contributed by atoms with E-state index in [1.54, 1.807) is 0 Å². The van der Waals surface area contributed by atoms with Crippen molar-refractivity contribution in [3.8, 4) is 0 Å². The van der Waals surface area contributed by atoms with Crippen LogP contribution in [0.5, 0.6) is 0 Å². The van der Waals surface area contributed by atoms with Crippen LogP contribution in [0.25, 0.3) is 5.57 Å². The Kier molecular flexibility index (Phi) is 3.87. The summed E-state index contributed by atoms with van der Waals surface area (Å²) in [5.41, 5.74) is 3.36. The highest BCUT2D eigenvalue weighted by Gasteiger charge is 2.14. The molecule has 0 radical (unpaired) electrons. The highest BCUT2D eigenvalue weighted by atomic mass is 16.1. The lowest BCUT2D eigenvalue weighted by Gasteiger charge is -2.17. The maximum absolute atomic E-state index is 12.4. The van der Waals surface area contributed by atoms with Gasteiger partial charge >= 0.3 is 0 Å². The van der Waals surface area contributed by atoms with Crippen LogP contribution in [-0.4, -0.2) is 18.9 Å². The zero-order valence-corrected chi connectivity index (χ0v) is 12.1. The second-order valence-electron chi connectivity index (χ2n) is 5.41. The average molecular weight is 277 g/mol. The number of hydrogen-bond donors (Lipinski definition) is 0. The van der Waals surface area contributed by atoms with Crippen LogP contribution >= 0.6 is 0 Å². The summed E-state index contributed by atoms with van der Waals surface area (Å²) in [7, 11) is 0. The van der Waals surface area contributed by atoms with E-state index in [1.807, 2.05) is 42.5 Å². The molecule has 0 aliphatic carbocycles. The molecular formula is C19H19NO. The van der Waals surface area contributed by atoms with Gasteiger partial charge in [0.1, 0.15) is 0 Å². The maximum Gasteiger partial charge on any atom is 0.193 e. The SMILES string of the molecule is C=C(C(=O)c1ccccc1)c1ccc(N2CCCC2)cc1.